The Morgan fingerprint density at radius 3 is 2.38 bits per heavy atom. The molecule has 2 amide bonds. The number of hydrogen-bond acceptors (Lipinski definition) is 3. The van der Waals surface area contributed by atoms with E-state index < -0.39 is 5.92 Å². The summed E-state index contributed by atoms with van der Waals surface area (Å²) in [6, 6.07) is 8.21. The Kier molecular flexibility index (Phi) is 5.11. The van der Waals surface area contributed by atoms with Crippen LogP contribution in [0.1, 0.15) is 52.0 Å². The van der Waals surface area contributed by atoms with E-state index in [1.165, 1.54) is 5.56 Å². The number of piperidine rings is 1. The summed E-state index contributed by atoms with van der Waals surface area (Å²) in [4.78, 5) is 29.5. The highest BCUT2D eigenvalue weighted by molar-refractivity contribution is 6.09. The molecule has 2 atom stereocenters. The molecule has 1 aromatic carbocycles. The molecule has 0 aromatic heterocycles. The van der Waals surface area contributed by atoms with E-state index in [2.05, 4.69) is 39.8 Å². The average molecular weight is 357 g/mol. The number of rotatable bonds is 3. The van der Waals surface area contributed by atoms with Crippen molar-refractivity contribution in [2.45, 2.75) is 52.5 Å². The fourth-order valence-electron chi connectivity index (χ4n) is 3.99. The molecule has 2 unspecified atom stereocenters. The van der Waals surface area contributed by atoms with E-state index in [1.54, 1.807) is 4.90 Å². The number of nitrogens with two attached hydrogens (primary N) is 1. The molecule has 5 nitrogen and oxygen atoms in total. The molecule has 2 aliphatic rings. The second-order valence-corrected chi connectivity index (χ2v) is 8.72. The third-order valence-corrected chi connectivity index (χ3v) is 6.00. The molecule has 2 fully saturated rings. The summed E-state index contributed by atoms with van der Waals surface area (Å²) in [6.07, 6.45) is 1.38. The Morgan fingerprint density at radius 2 is 1.81 bits per heavy atom. The van der Waals surface area contributed by atoms with Crippen molar-refractivity contribution in [3.05, 3.63) is 29.8 Å². The molecule has 0 radical (unpaired) electrons. The van der Waals surface area contributed by atoms with Crippen LogP contribution in [-0.4, -0.2) is 42.4 Å². The van der Waals surface area contributed by atoms with Crippen molar-refractivity contribution in [1.29, 1.82) is 0 Å². The van der Waals surface area contributed by atoms with E-state index in [0.717, 1.165) is 12.1 Å². The quantitative estimate of drug-likeness (QED) is 0.846. The Labute approximate surface area is 156 Å². The van der Waals surface area contributed by atoms with E-state index in [9.17, 15) is 9.59 Å². The minimum atomic E-state index is -0.551. The summed E-state index contributed by atoms with van der Waals surface area (Å²) in [5.74, 6) is -0.192. The van der Waals surface area contributed by atoms with Gasteiger partial charge in [-0.15, -0.1) is 0 Å². The van der Waals surface area contributed by atoms with Gasteiger partial charge in [-0.1, -0.05) is 39.8 Å². The number of benzene rings is 1. The highest BCUT2D eigenvalue weighted by Crippen LogP contribution is 2.32. The minimum absolute atomic E-state index is 0.0312. The van der Waals surface area contributed by atoms with E-state index in [4.69, 9.17) is 5.73 Å². The van der Waals surface area contributed by atoms with Gasteiger partial charge in [-0.05, 0) is 41.9 Å². The van der Waals surface area contributed by atoms with Gasteiger partial charge in [0.1, 0.15) is 5.92 Å². The summed E-state index contributed by atoms with van der Waals surface area (Å²) in [5.41, 5.74) is 8.20. The number of amides is 2. The van der Waals surface area contributed by atoms with Crippen LogP contribution in [-0.2, 0) is 9.59 Å². The summed E-state index contributed by atoms with van der Waals surface area (Å²) in [5, 5.41) is 0. The van der Waals surface area contributed by atoms with Crippen molar-refractivity contribution < 1.29 is 9.59 Å². The predicted molar refractivity (Wildman–Crippen MR) is 104 cm³/mol. The Hall–Kier alpha value is -1.88. The molecule has 0 bridgehead atoms. The van der Waals surface area contributed by atoms with Crippen molar-refractivity contribution in [1.82, 2.24) is 4.90 Å². The molecule has 26 heavy (non-hydrogen) atoms. The van der Waals surface area contributed by atoms with Crippen molar-refractivity contribution in [3.63, 3.8) is 0 Å². The smallest absolute Gasteiger partial charge is 0.239 e. The van der Waals surface area contributed by atoms with Gasteiger partial charge in [0.05, 0.1) is 0 Å². The molecule has 5 heteroatoms. The fraction of sp³-hybridized carbons (Fsp3) is 0.619. The van der Waals surface area contributed by atoms with Gasteiger partial charge in [0.25, 0.3) is 0 Å². The molecule has 2 N–H and O–H groups in total. The lowest BCUT2D eigenvalue weighted by atomic mass is 9.79. The van der Waals surface area contributed by atoms with Crippen LogP contribution in [0.25, 0.3) is 0 Å². The monoisotopic (exact) mass is 357 g/mol. The second kappa shape index (κ2) is 7.03. The fourth-order valence-corrected chi connectivity index (χ4v) is 3.99. The van der Waals surface area contributed by atoms with Crippen LogP contribution in [0.2, 0.25) is 0 Å². The molecule has 2 saturated heterocycles. The molecule has 2 aliphatic heterocycles. The second-order valence-electron chi connectivity index (χ2n) is 8.72. The van der Waals surface area contributed by atoms with Gasteiger partial charge in [-0.2, -0.15) is 0 Å². The third-order valence-electron chi connectivity index (χ3n) is 6.00. The number of likely N-dealkylation sites (tertiary alicyclic amines) is 1. The first kappa shape index (κ1) is 18.9. The molecule has 0 saturated carbocycles. The van der Waals surface area contributed by atoms with Gasteiger partial charge in [-0.3, -0.25) is 9.59 Å². The topological polar surface area (TPSA) is 66.6 Å². The molecular formula is C21H31N3O2. The number of anilines is 1. The van der Waals surface area contributed by atoms with Gasteiger partial charge in [-0.25, -0.2) is 0 Å². The first-order valence-corrected chi connectivity index (χ1v) is 9.66. The van der Waals surface area contributed by atoms with Gasteiger partial charge in [0, 0.05) is 31.4 Å². The van der Waals surface area contributed by atoms with E-state index in [0.29, 0.717) is 32.0 Å². The zero-order chi connectivity index (χ0) is 19.1. The third kappa shape index (κ3) is 3.50. The molecule has 0 spiro atoms. The largest absolute Gasteiger partial charge is 0.341 e. The number of carbonyl (C=O) groups is 2. The maximum Gasteiger partial charge on any atom is 0.239 e. The minimum Gasteiger partial charge on any atom is -0.341 e. The van der Waals surface area contributed by atoms with Crippen LogP contribution >= 0.6 is 0 Å². The van der Waals surface area contributed by atoms with Gasteiger partial charge < -0.3 is 15.5 Å². The Bertz CT molecular complexity index is 681. The first-order valence-electron chi connectivity index (χ1n) is 9.66. The van der Waals surface area contributed by atoms with Crippen LogP contribution in [0, 0.1) is 11.3 Å². The van der Waals surface area contributed by atoms with Crippen LogP contribution < -0.4 is 10.6 Å². The standard InChI is InChI=1S/C21H31N3O2/c1-14(2)15-5-7-16(8-6-15)24-12-9-17(20(24)26)19(25)23-11-10-18(22)21(3,4)13-23/h5-8,14,17-18H,9-13,22H2,1-4H3. The maximum absolute atomic E-state index is 13.0. The van der Waals surface area contributed by atoms with Crippen LogP contribution in [0.15, 0.2) is 24.3 Å². The highest BCUT2D eigenvalue weighted by atomic mass is 16.2. The van der Waals surface area contributed by atoms with Crippen molar-refractivity contribution in [2.75, 3.05) is 24.5 Å². The normalized spacial score (nSPS) is 25.8. The lowest BCUT2D eigenvalue weighted by Crippen LogP contribution is -2.55. The summed E-state index contributed by atoms with van der Waals surface area (Å²) < 4.78 is 0. The number of carbonyl (C=O) groups excluding carboxylic acids is 2. The van der Waals surface area contributed by atoms with Crippen molar-refractivity contribution >= 4 is 17.5 Å². The van der Waals surface area contributed by atoms with Gasteiger partial charge >= 0.3 is 0 Å². The molecule has 1 aromatic rings. The van der Waals surface area contributed by atoms with Crippen LogP contribution in [0.4, 0.5) is 5.69 Å². The molecular weight excluding hydrogens is 326 g/mol. The summed E-state index contributed by atoms with van der Waals surface area (Å²) in [7, 11) is 0. The lowest BCUT2D eigenvalue weighted by Gasteiger charge is -2.43. The van der Waals surface area contributed by atoms with Gasteiger partial charge in [0.2, 0.25) is 11.8 Å². The van der Waals surface area contributed by atoms with Crippen LogP contribution in [0.3, 0.4) is 0 Å². The molecule has 3 rings (SSSR count). The van der Waals surface area contributed by atoms with E-state index in [1.807, 2.05) is 17.0 Å². The SMILES string of the molecule is CC(C)c1ccc(N2CCC(C(=O)N3CCC(N)C(C)(C)C3)C2=O)cc1. The zero-order valence-electron chi connectivity index (χ0n) is 16.4. The van der Waals surface area contributed by atoms with Crippen molar-refractivity contribution in [2.24, 2.45) is 17.1 Å². The summed E-state index contributed by atoms with van der Waals surface area (Å²) in [6.45, 7) is 10.4. The first-order chi connectivity index (χ1) is 12.2. The number of hydrogen-bond donors (Lipinski definition) is 1. The number of nitrogens with zero attached hydrogens (tertiary/aromatic N) is 2. The zero-order valence-corrected chi connectivity index (χ0v) is 16.4. The van der Waals surface area contributed by atoms with E-state index in [-0.39, 0.29) is 23.3 Å². The Balaban J connectivity index is 1.69. The average Bonchev–Trinajstić information content (AvgIpc) is 2.98. The van der Waals surface area contributed by atoms with Gasteiger partial charge in [0.15, 0.2) is 0 Å². The van der Waals surface area contributed by atoms with Crippen LogP contribution in [0.5, 0.6) is 0 Å². The highest BCUT2D eigenvalue weighted by Gasteiger charge is 2.43. The summed E-state index contributed by atoms with van der Waals surface area (Å²) >= 11 is 0. The van der Waals surface area contributed by atoms with E-state index >= 15 is 0 Å². The van der Waals surface area contributed by atoms with Crippen molar-refractivity contribution in [3.8, 4) is 0 Å². The molecule has 2 heterocycles. The maximum atomic E-state index is 13.0. The lowest BCUT2D eigenvalue weighted by molar-refractivity contribution is -0.142. The predicted octanol–water partition coefficient (Wildman–Crippen LogP) is 2.75. The Morgan fingerprint density at radius 1 is 1.15 bits per heavy atom. The molecule has 0 aliphatic carbocycles. The molecule has 142 valence electrons.